The Labute approximate surface area is 130 Å². The van der Waals surface area contributed by atoms with E-state index in [-0.39, 0.29) is 5.78 Å². The van der Waals surface area contributed by atoms with Crippen LogP contribution in [-0.4, -0.2) is 54.9 Å². The number of halogens is 2. The van der Waals surface area contributed by atoms with Crippen LogP contribution in [-0.2, 0) is 0 Å². The molecule has 1 heterocycles. The van der Waals surface area contributed by atoms with Crippen LogP contribution in [0.15, 0.2) is 18.2 Å². The quantitative estimate of drug-likeness (QED) is 0.780. The summed E-state index contributed by atoms with van der Waals surface area (Å²) in [6.45, 7) is 7.68. The molecule has 0 amide bonds. The number of nitrogens with zero attached hydrogens (tertiary/aromatic N) is 2. The molecule has 110 valence electrons. The van der Waals surface area contributed by atoms with Gasteiger partial charge in [-0.25, -0.2) is 0 Å². The molecule has 1 aliphatic heterocycles. The minimum Gasteiger partial charge on any atom is -0.301 e. The molecule has 1 aliphatic rings. The molecule has 0 unspecified atom stereocenters. The van der Waals surface area contributed by atoms with Gasteiger partial charge in [-0.3, -0.25) is 9.69 Å². The fourth-order valence-electron chi connectivity index (χ4n) is 2.49. The van der Waals surface area contributed by atoms with E-state index >= 15 is 0 Å². The Morgan fingerprint density at radius 1 is 1.15 bits per heavy atom. The summed E-state index contributed by atoms with van der Waals surface area (Å²) in [5, 5.41) is 1.02. The van der Waals surface area contributed by atoms with E-state index < -0.39 is 0 Å². The third-order valence-electron chi connectivity index (χ3n) is 3.60. The SMILES string of the molecule is CCCN1CCN(CC(=O)c2cc(Cl)ccc2Cl)CC1. The van der Waals surface area contributed by atoms with E-state index in [4.69, 9.17) is 23.2 Å². The topological polar surface area (TPSA) is 23.6 Å². The minimum absolute atomic E-state index is 0.0430. The third kappa shape index (κ3) is 4.19. The summed E-state index contributed by atoms with van der Waals surface area (Å²) in [5.41, 5.74) is 0.523. The summed E-state index contributed by atoms with van der Waals surface area (Å²) >= 11 is 12.0. The van der Waals surface area contributed by atoms with Crippen LogP contribution in [0.25, 0.3) is 0 Å². The predicted octanol–water partition coefficient (Wildman–Crippen LogP) is 3.20. The van der Waals surface area contributed by atoms with Gasteiger partial charge in [0.05, 0.1) is 11.6 Å². The van der Waals surface area contributed by atoms with Gasteiger partial charge in [0.2, 0.25) is 0 Å². The molecule has 0 bridgehead atoms. The van der Waals surface area contributed by atoms with Crippen molar-refractivity contribution in [3.8, 4) is 0 Å². The molecule has 20 heavy (non-hydrogen) atoms. The van der Waals surface area contributed by atoms with Crippen LogP contribution in [0.3, 0.4) is 0 Å². The lowest BCUT2D eigenvalue weighted by Gasteiger charge is -2.34. The van der Waals surface area contributed by atoms with Gasteiger partial charge >= 0.3 is 0 Å². The van der Waals surface area contributed by atoms with Crippen molar-refractivity contribution in [1.82, 2.24) is 9.80 Å². The normalized spacial score (nSPS) is 17.4. The fourth-order valence-corrected chi connectivity index (χ4v) is 2.88. The van der Waals surface area contributed by atoms with Gasteiger partial charge in [0.15, 0.2) is 5.78 Å². The zero-order valence-electron chi connectivity index (χ0n) is 11.7. The number of piperazine rings is 1. The molecule has 0 spiro atoms. The first-order chi connectivity index (χ1) is 9.60. The Balaban J connectivity index is 1.91. The maximum Gasteiger partial charge on any atom is 0.178 e. The summed E-state index contributed by atoms with van der Waals surface area (Å²) < 4.78 is 0. The molecule has 5 heteroatoms. The largest absolute Gasteiger partial charge is 0.301 e. The fraction of sp³-hybridized carbons (Fsp3) is 0.533. The second kappa shape index (κ2) is 7.41. The monoisotopic (exact) mass is 314 g/mol. The first-order valence-electron chi connectivity index (χ1n) is 7.03. The van der Waals surface area contributed by atoms with Crippen molar-refractivity contribution >= 4 is 29.0 Å². The lowest BCUT2D eigenvalue weighted by molar-refractivity contribution is 0.0853. The van der Waals surface area contributed by atoms with Crippen LogP contribution in [0.2, 0.25) is 10.0 Å². The van der Waals surface area contributed by atoms with Crippen molar-refractivity contribution in [2.45, 2.75) is 13.3 Å². The van der Waals surface area contributed by atoms with Gasteiger partial charge in [-0.1, -0.05) is 30.1 Å². The first kappa shape index (κ1) is 15.8. The number of carbonyl (C=O) groups excluding carboxylic acids is 1. The van der Waals surface area contributed by atoms with E-state index in [1.165, 1.54) is 6.42 Å². The summed E-state index contributed by atoms with van der Waals surface area (Å²) in [7, 11) is 0. The van der Waals surface area contributed by atoms with Crippen LogP contribution in [0, 0.1) is 0 Å². The molecule has 1 aromatic carbocycles. The lowest BCUT2D eigenvalue weighted by Crippen LogP contribution is -2.47. The maximum atomic E-state index is 12.3. The van der Waals surface area contributed by atoms with Gasteiger partial charge in [0, 0.05) is 36.8 Å². The van der Waals surface area contributed by atoms with Crippen LogP contribution in [0.1, 0.15) is 23.7 Å². The Hall–Kier alpha value is -0.610. The van der Waals surface area contributed by atoms with Gasteiger partial charge < -0.3 is 4.90 Å². The molecular weight excluding hydrogens is 295 g/mol. The van der Waals surface area contributed by atoms with Crippen molar-refractivity contribution in [2.24, 2.45) is 0 Å². The van der Waals surface area contributed by atoms with E-state index in [1.807, 2.05) is 0 Å². The summed E-state index contributed by atoms with van der Waals surface area (Å²) in [6.07, 6.45) is 1.18. The van der Waals surface area contributed by atoms with Gasteiger partial charge in [-0.15, -0.1) is 0 Å². The molecule has 1 saturated heterocycles. The minimum atomic E-state index is 0.0430. The zero-order valence-corrected chi connectivity index (χ0v) is 13.3. The highest BCUT2D eigenvalue weighted by Gasteiger charge is 2.20. The number of rotatable bonds is 5. The van der Waals surface area contributed by atoms with Crippen LogP contribution in [0.4, 0.5) is 0 Å². The highest BCUT2D eigenvalue weighted by Crippen LogP contribution is 2.21. The second-order valence-corrected chi connectivity index (χ2v) is 6.01. The molecule has 0 radical (unpaired) electrons. The second-order valence-electron chi connectivity index (χ2n) is 5.17. The average Bonchev–Trinajstić information content (AvgIpc) is 2.44. The molecule has 0 aliphatic carbocycles. The zero-order chi connectivity index (χ0) is 14.5. The van der Waals surface area contributed by atoms with Crippen molar-refractivity contribution in [3.63, 3.8) is 0 Å². The van der Waals surface area contributed by atoms with Gasteiger partial charge in [0.1, 0.15) is 0 Å². The molecule has 0 aromatic heterocycles. The predicted molar refractivity (Wildman–Crippen MR) is 84.0 cm³/mol. The maximum absolute atomic E-state index is 12.3. The van der Waals surface area contributed by atoms with E-state index in [1.54, 1.807) is 18.2 Å². The Morgan fingerprint density at radius 2 is 1.80 bits per heavy atom. The number of hydrogen-bond acceptors (Lipinski definition) is 3. The van der Waals surface area contributed by atoms with Crippen LogP contribution >= 0.6 is 23.2 Å². The van der Waals surface area contributed by atoms with Crippen molar-refractivity contribution < 1.29 is 4.79 Å². The standard InChI is InChI=1S/C15H20Cl2N2O/c1-2-5-18-6-8-19(9-7-18)11-15(20)13-10-12(16)3-4-14(13)17/h3-4,10H,2,5-9,11H2,1H3. The first-order valence-corrected chi connectivity index (χ1v) is 7.78. The number of hydrogen-bond donors (Lipinski definition) is 0. The average molecular weight is 315 g/mol. The molecule has 0 N–H and O–H groups in total. The molecule has 2 rings (SSSR count). The van der Waals surface area contributed by atoms with E-state index in [0.29, 0.717) is 22.2 Å². The smallest absolute Gasteiger partial charge is 0.178 e. The van der Waals surface area contributed by atoms with Crippen molar-refractivity contribution in [3.05, 3.63) is 33.8 Å². The Morgan fingerprint density at radius 3 is 2.45 bits per heavy atom. The van der Waals surface area contributed by atoms with Gasteiger partial charge in [-0.2, -0.15) is 0 Å². The highest BCUT2D eigenvalue weighted by molar-refractivity contribution is 6.36. The number of benzene rings is 1. The highest BCUT2D eigenvalue weighted by atomic mass is 35.5. The number of Topliss-reactive ketones (excluding diaryl/α,β-unsaturated/α-hetero) is 1. The number of carbonyl (C=O) groups is 1. The number of ketones is 1. The molecule has 0 atom stereocenters. The van der Waals surface area contributed by atoms with E-state index in [2.05, 4.69) is 16.7 Å². The van der Waals surface area contributed by atoms with Gasteiger partial charge in [0.25, 0.3) is 0 Å². The van der Waals surface area contributed by atoms with E-state index in [9.17, 15) is 4.79 Å². The summed E-state index contributed by atoms with van der Waals surface area (Å²) in [6, 6.07) is 5.03. The summed E-state index contributed by atoms with van der Waals surface area (Å²) in [5.74, 6) is 0.0430. The molecule has 1 aromatic rings. The van der Waals surface area contributed by atoms with Gasteiger partial charge in [-0.05, 0) is 31.2 Å². The van der Waals surface area contributed by atoms with Crippen molar-refractivity contribution in [2.75, 3.05) is 39.3 Å². The van der Waals surface area contributed by atoms with E-state index in [0.717, 1.165) is 32.7 Å². The summed E-state index contributed by atoms with van der Waals surface area (Å²) in [4.78, 5) is 16.9. The lowest BCUT2D eigenvalue weighted by atomic mass is 10.1. The van der Waals surface area contributed by atoms with Crippen LogP contribution < -0.4 is 0 Å². The van der Waals surface area contributed by atoms with Crippen molar-refractivity contribution in [1.29, 1.82) is 0 Å². The Kier molecular flexibility index (Phi) is 5.85. The molecule has 3 nitrogen and oxygen atoms in total. The molecular formula is C15H20Cl2N2O. The molecule has 0 saturated carbocycles. The van der Waals surface area contributed by atoms with Crippen LogP contribution in [0.5, 0.6) is 0 Å². The third-order valence-corrected chi connectivity index (χ3v) is 4.17. The molecule has 1 fully saturated rings. The Bertz CT molecular complexity index is 471.